The van der Waals surface area contributed by atoms with Gasteiger partial charge < -0.3 is 24.6 Å². The minimum absolute atomic E-state index is 0.126. The first-order valence-electron chi connectivity index (χ1n) is 10.6. The highest BCUT2D eigenvalue weighted by Gasteiger charge is 2.33. The van der Waals surface area contributed by atoms with E-state index in [9.17, 15) is 14.7 Å². The highest BCUT2D eigenvalue weighted by molar-refractivity contribution is 5.97. The number of nitrogens with one attached hydrogen (secondary N) is 1. The van der Waals surface area contributed by atoms with E-state index in [1.165, 1.54) is 26.3 Å². The Balaban J connectivity index is 1.98. The van der Waals surface area contributed by atoms with Gasteiger partial charge in [-0.05, 0) is 38.5 Å². The van der Waals surface area contributed by atoms with E-state index in [1.54, 1.807) is 0 Å². The summed E-state index contributed by atoms with van der Waals surface area (Å²) in [5.41, 5.74) is -0.217. The zero-order valence-corrected chi connectivity index (χ0v) is 18.5. The van der Waals surface area contributed by atoms with E-state index >= 15 is 0 Å². The zero-order chi connectivity index (χ0) is 22.3. The summed E-state index contributed by atoms with van der Waals surface area (Å²) in [6.45, 7) is 8.15. The second-order valence-electron chi connectivity index (χ2n) is 8.28. The molecule has 168 valence electrons. The monoisotopic (exact) mass is 422 g/mol. The third-order valence-corrected chi connectivity index (χ3v) is 5.27. The molecule has 0 radical (unpaired) electrons. The molecule has 1 amide bonds. The Bertz CT molecular complexity index is 718. The predicted molar refractivity (Wildman–Crippen MR) is 111 cm³/mol. The minimum atomic E-state index is -0.915. The van der Waals surface area contributed by atoms with Gasteiger partial charge in [-0.3, -0.25) is 4.79 Å². The fourth-order valence-corrected chi connectivity index (χ4v) is 3.69. The van der Waals surface area contributed by atoms with Crippen LogP contribution in [0, 0.1) is 11.8 Å². The van der Waals surface area contributed by atoms with Crippen LogP contribution in [0.1, 0.15) is 63.9 Å². The van der Waals surface area contributed by atoms with Crippen LogP contribution in [0.3, 0.4) is 0 Å². The number of nitrogens with zero attached hydrogens (tertiary/aromatic N) is 1. The molecule has 0 bridgehead atoms. The number of carbonyl (C=O) groups is 2. The standard InChI is InChI=1S/C22H34N2O6/c1-13(2)12-29-20(16-8-6-7-9-16)15(4)30-22(27)14(3)24-21(26)18-19(25)17(28-5)10-11-23-18/h10-11,13-16,20,25H,6-9,12H2,1-5H3,(H,24,26)/t14-,15-,20-/m0/s1. The molecule has 1 saturated carbocycles. The zero-order valence-electron chi connectivity index (χ0n) is 18.5. The largest absolute Gasteiger partial charge is 0.503 e. The van der Waals surface area contributed by atoms with Crippen LogP contribution in [0.15, 0.2) is 12.3 Å². The average Bonchev–Trinajstić information content (AvgIpc) is 3.22. The van der Waals surface area contributed by atoms with E-state index in [0.717, 1.165) is 25.7 Å². The van der Waals surface area contributed by atoms with Crippen molar-refractivity contribution in [3.8, 4) is 11.5 Å². The lowest BCUT2D eigenvalue weighted by molar-refractivity contribution is -0.161. The van der Waals surface area contributed by atoms with Gasteiger partial charge in [0.25, 0.3) is 5.91 Å². The van der Waals surface area contributed by atoms with E-state index < -0.39 is 24.0 Å². The quantitative estimate of drug-likeness (QED) is 0.558. The Morgan fingerprint density at radius 3 is 2.50 bits per heavy atom. The van der Waals surface area contributed by atoms with Crippen molar-refractivity contribution in [3.05, 3.63) is 18.0 Å². The molecule has 0 spiro atoms. The number of ether oxygens (including phenoxy) is 3. The van der Waals surface area contributed by atoms with Crippen LogP contribution >= 0.6 is 0 Å². The number of hydrogen-bond donors (Lipinski definition) is 2. The van der Waals surface area contributed by atoms with Gasteiger partial charge in [0.05, 0.1) is 13.2 Å². The molecule has 0 aliphatic heterocycles. The smallest absolute Gasteiger partial charge is 0.328 e. The summed E-state index contributed by atoms with van der Waals surface area (Å²) in [4.78, 5) is 28.9. The first kappa shape index (κ1) is 23.9. The van der Waals surface area contributed by atoms with Crippen molar-refractivity contribution < 1.29 is 28.9 Å². The van der Waals surface area contributed by atoms with Gasteiger partial charge in [-0.2, -0.15) is 0 Å². The number of carbonyl (C=O) groups excluding carboxylic acids is 2. The second kappa shape index (κ2) is 11.2. The van der Waals surface area contributed by atoms with E-state index in [1.807, 2.05) is 6.92 Å². The maximum Gasteiger partial charge on any atom is 0.328 e. The van der Waals surface area contributed by atoms with Gasteiger partial charge in [0, 0.05) is 18.9 Å². The molecule has 1 aromatic heterocycles. The number of aromatic hydroxyl groups is 1. The van der Waals surface area contributed by atoms with Crippen LogP contribution in [0.4, 0.5) is 0 Å². The molecule has 30 heavy (non-hydrogen) atoms. The maximum absolute atomic E-state index is 12.6. The third kappa shape index (κ3) is 6.32. The molecular formula is C22H34N2O6. The molecule has 8 heteroatoms. The maximum atomic E-state index is 12.6. The molecule has 0 unspecified atom stereocenters. The lowest BCUT2D eigenvalue weighted by atomic mass is 9.96. The summed E-state index contributed by atoms with van der Waals surface area (Å²) in [6, 6.07) is 0.521. The van der Waals surface area contributed by atoms with Gasteiger partial charge in [0.1, 0.15) is 12.1 Å². The van der Waals surface area contributed by atoms with Crippen molar-refractivity contribution in [2.24, 2.45) is 11.8 Å². The molecule has 1 aliphatic carbocycles. The summed E-state index contributed by atoms with van der Waals surface area (Å²) < 4.78 is 16.7. The normalized spacial score (nSPS) is 17.4. The number of pyridine rings is 1. The summed E-state index contributed by atoms with van der Waals surface area (Å²) in [6.07, 6.45) is 5.21. The number of amides is 1. The number of rotatable bonds is 10. The molecule has 1 heterocycles. The van der Waals surface area contributed by atoms with Gasteiger partial charge in [-0.1, -0.05) is 26.7 Å². The summed E-state index contributed by atoms with van der Waals surface area (Å²) in [5.74, 6) is -0.746. The number of hydrogen-bond acceptors (Lipinski definition) is 7. The van der Waals surface area contributed by atoms with Crippen LogP contribution in [0.25, 0.3) is 0 Å². The molecule has 2 N–H and O–H groups in total. The van der Waals surface area contributed by atoms with Gasteiger partial charge in [0.2, 0.25) is 0 Å². The van der Waals surface area contributed by atoms with Gasteiger partial charge in [-0.25, -0.2) is 9.78 Å². The van der Waals surface area contributed by atoms with Crippen molar-refractivity contribution >= 4 is 11.9 Å². The Hall–Kier alpha value is -2.35. The molecule has 8 nitrogen and oxygen atoms in total. The van der Waals surface area contributed by atoms with Crippen molar-refractivity contribution in [3.63, 3.8) is 0 Å². The Kier molecular flexibility index (Phi) is 8.89. The fraction of sp³-hybridized carbons (Fsp3) is 0.682. The van der Waals surface area contributed by atoms with Crippen molar-refractivity contribution in [2.75, 3.05) is 13.7 Å². The van der Waals surface area contributed by atoms with E-state index in [-0.39, 0.29) is 23.3 Å². The molecular weight excluding hydrogens is 388 g/mol. The number of aromatic nitrogens is 1. The third-order valence-electron chi connectivity index (χ3n) is 5.27. The van der Waals surface area contributed by atoms with Crippen molar-refractivity contribution in [1.82, 2.24) is 10.3 Å². The molecule has 1 fully saturated rings. The predicted octanol–water partition coefficient (Wildman–Crippen LogP) is 3.08. The number of esters is 1. The van der Waals surface area contributed by atoms with Crippen LogP contribution in [-0.4, -0.2) is 53.9 Å². The molecule has 2 rings (SSSR count). The van der Waals surface area contributed by atoms with E-state index in [4.69, 9.17) is 14.2 Å². The van der Waals surface area contributed by atoms with Crippen LogP contribution in [0.2, 0.25) is 0 Å². The molecule has 1 aliphatic rings. The van der Waals surface area contributed by atoms with Gasteiger partial charge in [0.15, 0.2) is 17.2 Å². The lowest BCUT2D eigenvalue weighted by Gasteiger charge is -2.30. The Labute approximate surface area is 178 Å². The summed E-state index contributed by atoms with van der Waals surface area (Å²) in [7, 11) is 1.38. The van der Waals surface area contributed by atoms with Crippen LogP contribution in [-0.2, 0) is 14.3 Å². The van der Waals surface area contributed by atoms with Crippen molar-refractivity contribution in [1.29, 1.82) is 0 Å². The number of methoxy groups -OCH3 is 1. The summed E-state index contributed by atoms with van der Waals surface area (Å²) in [5, 5.41) is 12.6. The SMILES string of the molecule is COc1ccnc(C(=O)N[C@@H](C)C(=O)O[C@@H](C)[C@H](OCC(C)C)C2CCCC2)c1O. The molecule has 1 aromatic rings. The molecule has 3 atom stereocenters. The summed E-state index contributed by atoms with van der Waals surface area (Å²) >= 11 is 0. The van der Waals surface area contributed by atoms with Crippen LogP contribution < -0.4 is 10.1 Å². The highest BCUT2D eigenvalue weighted by atomic mass is 16.6. The Morgan fingerprint density at radius 1 is 1.23 bits per heavy atom. The van der Waals surface area contributed by atoms with Gasteiger partial charge >= 0.3 is 5.97 Å². The van der Waals surface area contributed by atoms with Gasteiger partial charge in [-0.15, -0.1) is 0 Å². The Morgan fingerprint density at radius 2 is 1.90 bits per heavy atom. The second-order valence-corrected chi connectivity index (χ2v) is 8.28. The molecule has 0 aromatic carbocycles. The molecule has 0 saturated heterocycles. The first-order chi connectivity index (χ1) is 14.2. The van der Waals surface area contributed by atoms with Crippen molar-refractivity contribution in [2.45, 2.75) is 71.6 Å². The lowest BCUT2D eigenvalue weighted by Crippen LogP contribution is -2.44. The van der Waals surface area contributed by atoms with E-state index in [2.05, 4.69) is 24.1 Å². The fourth-order valence-electron chi connectivity index (χ4n) is 3.69. The minimum Gasteiger partial charge on any atom is -0.503 e. The first-order valence-corrected chi connectivity index (χ1v) is 10.6. The van der Waals surface area contributed by atoms with Crippen LogP contribution in [0.5, 0.6) is 11.5 Å². The highest BCUT2D eigenvalue weighted by Crippen LogP contribution is 2.32. The van der Waals surface area contributed by atoms with E-state index in [0.29, 0.717) is 18.4 Å². The topological polar surface area (TPSA) is 107 Å². The average molecular weight is 423 g/mol.